The molecular weight excluding hydrogens is 370 g/mol. The topological polar surface area (TPSA) is 37.4 Å². The summed E-state index contributed by atoms with van der Waals surface area (Å²) in [7, 11) is 0. The Morgan fingerprint density at radius 1 is 0.600 bits per heavy atom. The predicted octanol–water partition coefficient (Wildman–Crippen LogP) is 5.24. The maximum absolute atomic E-state index is 13.7. The molecule has 0 N–H and O–H groups in total. The van der Waals surface area contributed by atoms with Gasteiger partial charge in [0, 0.05) is 11.8 Å². The highest BCUT2D eigenvalue weighted by Gasteiger charge is 2.55. The van der Waals surface area contributed by atoms with Crippen LogP contribution in [0.4, 0.5) is 5.69 Å². The lowest BCUT2D eigenvalue weighted by molar-refractivity contribution is -0.122. The van der Waals surface area contributed by atoms with Crippen molar-refractivity contribution >= 4 is 17.5 Å². The van der Waals surface area contributed by atoms with Crippen LogP contribution < -0.4 is 4.90 Å². The maximum Gasteiger partial charge on any atom is 0.238 e. The fraction of sp³-hybridized carbons (Fsp3) is 0.185. The summed E-state index contributed by atoms with van der Waals surface area (Å²) >= 11 is 0. The number of aryl methyl sites for hydroxylation is 1. The van der Waals surface area contributed by atoms with Crippen molar-refractivity contribution in [3.05, 3.63) is 114 Å². The summed E-state index contributed by atoms with van der Waals surface area (Å²) < 4.78 is 0. The van der Waals surface area contributed by atoms with Crippen LogP contribution in [-0.4, -0.2) is 11.8 Å². The van der Waals surface area contributed by atoms with Gasteiger partial charge in [-0.1, -0.05) is 91.0 Å². The SMILES string of the molecule is Cc1ccccc1N1C(=O)[C@@H]2[C@H](C1=O)[C@@H](c1ccccc1)C=C[C@@H]2c1ccccc1. The first kappa shape index (κ1) is 18.6. The van der Waals surface area contributed by atoms with Crippen LogP contribution in [0, 0.1) is 18.8 Å². The molecule has 0 aromatic heterocycles. The molecule has 3 nitrogen and oxygen atoms in total. The van der Waals surface area contributed by atoms with Crippen molar-refractivity contribution in [1.82, 2.24) is 0 Å². The van der Waals surface area contributed by atoms with E-state index in [0.29, 0.717) is 5.69 Å². The maximum atomic E-state index is 13.7. The molecule has 4 atom stereocenters. The van der Waals surface area contributed by atoms with Gasteiger partial charge in [-0.25, -0.2) is 4.90 Å². The average molecular weight is 393 g/mol. The van der Waals surface area contributed by atoms with Gasteiger partial charge in [0.25, 0.3) is 0 Å². The zero-order valence-corrected chi connectivity index (χ0v) is 16.8. The molecule has 3 aromatic rings. The molecule has 0 saturated carbocycles. The smallest absolute Gasteiger partial charge is 0.238 e. The van der Waals surface area contributed by atoms with Gasteiger partial charge in [0.1, 0.15) is 0 Å². The van der Waals surface area contributed by atoms with Gasteiger partial charge in [0.15, 0.2) is 0 Å². The lowest BCUT2D eigenvalue weighted by Gasteiger charge is -2.32. The summed E-state index contributed by atoms with van der Waals surface area (Å²) in [6, 6.07) is 27.7. The van der Waals surface area contributed by atoms with Crippen LogP contribution in [0.1, 0.15) is 28.5 Å². The van der Waals surface area contributed by atoms with Crippen molar-refractivity contribution in [2.45, 2.75) is 18.8 Å². The first-order valence-electron chi connectivity index (χ1n) is 10.4. The number of anilines is 1. The summed E-state index contributed by atoms with van der Waals surface area (Å²) in [6.07, 6.45) is 4.25. The number of fused-ring (bicyclic) bond motifs is 1. The summed E-state index contributed by atoms with van der Waals surface area (Å²) in [5.41, 5.74) is 3.77. The van der Waals surface area contributed by atoms with E-state index in [4.69, 9.17) is 0 Å². The molecule has 0 radical (unpaired) electrons. The number of imide groups is 1. The Labute approximate surface area is 176 Å². The summed E-state index contributed by atoms with van der Waals surface area (Å²) in [4.78, 5) is 28.9. The third-order valence-corrected chi connectivity index (χ3v) is 6.42. The third-order valence-electron chi connectivity index (χ3n) is 6.42. The Morgan fingerprint density at radius 2 is 1.03 bits per heavy atom. The lowest BCUT2D eigenvalue weighted by atomic mass is 9.68. The number of carbonyl (C=O) groups excluding carboxylic acids is 2. The van der Waals surface area contributed by atoms with Gasteiger partial charge in [0.05, 0.1) is 17.5 Å². The van der Waals surface area contributed by atoms with Gasteiger partial charge < -0.3 is 0 Å². The quantitative estimate of drug-likeness (QED) is 0.451. The van der Waals surface area contributed by atoms with Crippen LogP contribution in [0.3, 0.4) is 0 Å². The Balaban J connectivity index is 1.65. The number of carbonyl (C=O) groups is 2. The van der Waals surface area contributed by atoms with E-state index in [-0.39, 0.29) is 23.7 Å². The Bertz CT molecular complexity index is 1050. The van der Waals surface area contributed by atoms with Crippen molar-refractivity contribution in [3.63, 3.8) is 0 Å². The molecule has 148 valence electrons. The minimum atomic E-state index is -0.408. The van der Waals surface area contributed by atoms with Crippen LogP contribution in [0.2, 0.25) is 0 Å². The van der Waals surface area contributed by atoms with Gasteiger partial charge in [0.2, 0.25) is 11.8 Å². The van der Waals surface area contributed by atoms with E-state index < -0.39 is 11.8 Å². The lowest BCUT2D eigenvalue weighted by Crippen LogP contribution is -2.32. The molecule has 2 amide bonds. The molecule has 1 aliphatic heterocycles. The minimum Gasteiger partial charge on any atom is -0.274 e. The molecule has 2 aliphatic rings. The van der Waals surface area contributed by atoms with Gasteiger partial charge in [-0.2, -0.15) is 0 Å². The first-order chi connectivity index (χ1) is 14.7. The number of rotatable bonds is 3. The van der Waals surface area contributed by atoms with E-state index in [1.807, 2.05) is 91.9 Å². The number of para-hydroxylation sites is 1. The minimum absolute atomic E-state index is 0.0987. The Kier molecular flexibility index (Phi) is 4.59. The highest BCUT2D eigenvalue weighted by Crippen LogP contribution is 2.50. The molecule has 30 heavy (non-hydrogen) atoms. The second-order valence-corrected chi connectivity index (χ2v) is 8.11. The zero-order valence-electron chi connectivity index (χ0n) is 16.8. The van der Waals surface area contributed by atoms with Gasteiger partial charge in [-0.3, -0.25) is 9.59 Å². The van der Waals surface area contributed by atoms with Gasteiger partial charge >= 0.3 is 0 Å². The number of benzene rings is 3. The molecule has 1 fully saturated rings. The number of hydrogen-bond acceptors (Lipinski definition) is 2. The first-order valence-corrected chi connectivity index (χ1v) is 10.4. The van der Waals surface area contributed by atoms with Gasteiger partial charge in [-0.15, -0.1) is 0 Å². The molecule has 0 bridgehead atoms. The standard InChI is InChI=1S/C27H23NO2/c1-18-10-8-9-15-23(18)28-26(29)24-21(19-11-4-2-5-12-19)16-17-22(25(24)27(28)30)20-13-6-3-7-14-20/h2-17,21-22,24-25H,1H3/t21-,22-,24-,25+/m1/s1. The number of allylic oxidation sites excluding steroid dienone is 2. The molecule has 1 heterocycles. The summed E-state index contributed by atoms with van der Waals surface area (Å²) in [6.45, 7) is 1.94. The van der Waals surface area contributed by atoms with E-state index >= 15 is 0 Å². The molecular formula is C27H23NO2. The molecule has 0 unspecified atom stereocenters. The number of nitrogens with zero attached hydrogens (tertiary/aromatic N) is 1. The predicted molar refractivity (Wildman–Crippen MR) is 118 cm³/mol. The highest BCUT2D eigenvalue weighted by atomic mass is 16.2. The Morgan fingerprint density at radius 3 is 1.50 bits per heavy atom. The van der Waals surface area contributed by atoms with Crippen LogP contribution in [0.25, 0.3) is 0 Å². The van der Waals surface area contributed by atoms with E-state index in [1.54, 1.807) is 0 Å². The van der Waals surface area contributed by atoms with Gasteiger partial charge in [-0.05, 0) is 29.7 Å². The monoisotopic (exact) mass is 393 g/mol. The molecule has 3 heteroatoms. The molecule has 3 aromatic carbocycles. The highest BCUT2D eigenvalue weighted by molar-refractivity contribution is 6.23. The fourth-order valence-electron chi connectivity index (χ4n) is 4.99. The number of hydrogen-bond donors (Lipinski definition) is 0. The largest absolute Gasteiger partial charge is 0.274 e. The Hall–Kier alpha value is -3.46. The molecule has 0 spiro atoms. The summed E-state index contributed by atoms with van der Waals surface area (Å²) in [5, 5.41) is 0. The average Bonchev–Trinajstić information content (AvgIpc) is 3.06. The van der Waals surface area contributed by atoms with Crippen molar-refractivity contribution in [2.75, 3.05) is 4.90 Å². The van der Waals surface area contributed by atoms with Crippen LogP contribution in [-0.2, 0) is 9.59 Å². The van der Waals surface area contributed by atoms with Crippen LogP contribution in [0.15, 0.2) is 97.1 Å². The molecule has 1 saturated heterocycles. The fourth-order valence-corrected chi connectivity index (χ4v) is 4.99. The molecule has 1 aliphatic carbocycles. The van der Waals surface area contributed by atoms with E-state index in [1.165, 1.54) is 4.90 Å². The zero-order chi connectivity index (χ0) is 20.7. The number of amides is 2. The summed E-state index contributed by atoms with van der Waals surface area (Å²) in [5.74, 6) is -1.23. The van der Waals surface area contributed by atoms with Crippen molar-refractivity contribution in [1.29, 1.82) is 0 Å². The molecule has 5 rings (SSSR count). The van der Waals surface area contributed by atoms with E-state index in [0.717, 1.165) is 16.7 Å². The van der Waals surface area contributed by atoms with Crippen LogP contribution in [0.5, 0.6) is 0 Å². The normalized spacial score (nSPS) is 25.4. The van der Waals surface area contributed by atoms with E-state index in [9.17, 15) is 9.59 Å². The third kappa shape index (κ3) is 2.89. The second-order valence-electron chi connectivity index (χ2n) is 8.11. The van der Waals surface area contributed by atoms with Crippen LogP contribution >= 0.6 is 0 Å². The van der Waals surface area contributed by atoms with Crippen molar-refractivity contribution in [3.8, 4) is 0 Å². The van der Waals surface area contributed by atoms with Crippen molar-refractivity contribution < 1.29 is 9.59 Å². The second kappa shape index (κ2) is 7.42. The van der Waals surface area contributed by atoms with E-state index in [2.05, 4.69) is 12.2 Å². The van der Waals surface area contributed by atoms with Crippen molar-refractivity contribution in [2.24, 2.45) is 11.8 Å².